The second-order valence-corrected chi connectivity index (χ2v) is 9.02. The summed E-state index contributed by atoms with van der Waals surface area (Å²) >= 11 is 1.40. The van der Waals surface area contributed by atoms with Gasteiger partial charge in [-0.25, -0.2) is 8.42 Å². The second kappa shape index (κ2) is 8.97. The van der Waals surface area contributed by atoms with Crippen LogP contribution in [0.5, 0.6) is 0 Å². The molecule has 0 unspecified atom stereocenters. The maximum absolute atomic E-state index is 12.5. The van der Waals surface area contributed by atoms with E-state index >= 15 is 0 Å². The van der Waals surface area contributed by atoms with Gasteiger partial charge >= 0.3 is 0 Å². The molecule has 10 heteroatoms. The smallest absolute Gasteiger partial charge is 0.269 e. The third-order valence-electron chi connectivity index (χ3n) is 3.87. The zero-order valence-electron chi connectivity index (χ0n) is 15.7. The van der Waals surface area contributed by atoms with Crippen molar-refractivity contribution < 1.29 is 18.1 Å². The highest BCUT2D eigenvalue weighted by Crippen LogP contribution is 2.30. The standard InChI is InChI=1S/C20H17N3O5S2/c1-14(24)21-15-4-12-20(13-5-15)30(27,28)22-16-2-8-18(9-3-16)29-19-10-6-17(7-11-19)23(25)26/h2-13,22H,1H3,(H,21,24). The number of anilines is 2. The van der Waals surface area contributed by atoms with Gasteiger partial charge in [0.25, 0.3) is 15.7 Å². The molecule has 0 aliphatic carbocycles. The molecule has 8 nitrogen and oxygen atoms in total. The topological polar surface area (TPSA) is 118 Å². The largest absolute Gasteiger partial charge is 0.326 e. The Morgan fingerprint density at radius 3 is 1.87 bits per heavy atom. The molecule has 2 N–H and O–H groups in total. The van der Waals surface area contributed by atoms with Crippen LogP contribution in [0.15, 0.2) is 87.5 Å². The van der Waals surface area contributed by atoms with Gasteiger partial charge in [-0.15, -0.1) is 0 Å². The lowest BCUT2D eigenvalue weighted by atomic mass is 10.3. The number of nitrogens with one attached hydrogen (secondary N) is 2. The van der Waals surface area contributed by atoms with Gasteiger partial charge < -0.3 is 5.32 Å². The molecule has 0 heterocycles. The van der Waals surface area contributed by atoms with Gasteiger partial charge in [-0.05, 0) is 60.7 Å². The summed E-state index contributed by atoms with van der Waals surface area (Å²) in [5.74, 6) is -0.240. The average Bonchev–Trinajstić information content (AvgIpc) is 2.70. The van der Waals surface area contributed by atoms with Gasteiger partial charge in [0.15, 0.2) is 0 Å². The van der Waals surface area contributed by atoms with E-state index in [9.17, 15) is 23.3 Å². The predicted octanol–water partition coefficient (Wildman–Crippen LogP) is 4.51. The summed E-state index contributed by atoms with van der Waals surface area (Å²) in [7, 11) is -3.78. The van der Waals surface area contributed by atoms with E-state index in [4.69, 9.17) is 0 Å². The fourth-order valence-electron chi connectivity index (χ4n) is 2.50. The molecule has 0 atom stereocenters. The first kappa shape index (κ1) is 21.3. The number of carbonyl (C=O) groups excluding carboxylic acids is 1. The van der Waals surface area contributed by atoms with Gasteiger partial charge in [-0.1, -0.05) is 11.8 Å². The van der Waals surface area contributed by atoms with E-state index in [1.165, 1.54) is 55.1 Å². The highest BCUT2D eigenvalue weighted by atomic mass is 32.2. The first-order valence-corrected chi connectivity index (χ1v) is 11.0. The molecule has 0 saturated carbocycles. The number of benzene rings is 3. The molecule has 1 amide bonds. The van der Waals surface area contributed by atoms with Crippen molar-refractivity contribution in [2.75, 3.05) is 10.0 Å². The van der Waals surface area contributed by atoms with Crippen LogP contribution in [0.25, 0.3) is 0 Å². The maximum Gasteiger partial charge on any atom is 0.269 e. The SMILES string of the molecule is CC(=O)Nc1ccc(S(=O)(=O)Nc2ccc(Sc3ccc([N+](=O)[O-])cc3)cc2)cc1. The molecule has 3 rings (SSSR count). The van der Waals surface area contributed by atoms with Crippen LogP contribution in [0.3, 0.4) is 0 Å². The molecule has 0 aromatic heterocycles. The van der Waals surface area contributed by atoms with Crippen molar-refractivity contribution >= 4 is 44.8 Å². The highest BCUT2D eigenvalue weighted by molar-refractivity contribution is 7.99. The van der Waals surface area contributed by atoms with Crippen LogP contribution < -0.4 is 10.0 Å². The monoisotopic (exact) mass is 443 g/mol. The lowest BCUT2D eigenvalue weighted by Gasteiger charge is -2.10. The fraction of sp³-hybridized carbons (Fsp3) is 0.0500. The van der Waals surface area contributed by atoms with Gasteiger partial charge in [-0.3, -0.25) is 19.6 Å². The number of hydrogen-bond acceptors (Lipinski definition) is 6. The van der Waals surface area contributed by atoms with E-state index in [1.807, 2.05) is 0 Å². The van der Waals surface area contributed by atoms with Gasteiger partial charge in [-0.2, -0.15) is 0 Å². The molecule has 0 radical (unpaired) electrons. The van der Waals surface area contributed by atoms with Crippen LogP contribution in [0, 0.1) is 10.1 Å². The highest BCUT2D eigenvalue weighted by Gasteiger charge is 2.14. The van der Waals surface area contributed by atoms with Crippen LogP contribution in [0.4, 0.5) is 17.1 Å². The Balaban J connectivity index is 1.67. The minimum absolute atomic E-state index is 0.0224. The minimum atomic E-state index is -3.78. The van der Waals surface area contributed by atoms with Crippen LogP contribution in [-0.4, -0.2) is 19.2 Å². The van der Waals surface area contributed by atoms with Crippen molar-refractivity contribution in [2.24, 2.45) is 0 Å². The molecule has 0 fully saturated rings. The molecular formula is C20H17N3O5S2. The summed E-state index contributed by atoms with van der Waals surface area (Å²) in [4.78, 5) is 23.1. The molecule has 3 aromatic rings. The van der Waals surface area contributed by atoms with E-state index in [2.05, 4.69) is 10.0 Å². The number of nitro benzene ring substituents is 1. The number of rotatable bonds is 7. The Morgan fingerprint density at radius 2 is 1.37 bits per heavy atom. The van der Waals surface area contributed by atoms with E-state index in [0.29, 0.717) is 11.4 Å². The fourth-order valence-corrected chi connectivity index (χ4v) is 4.37. The summed E-state index contributed by atoms with van der Waals surface area (Å²) in [6, 6.07) is 18.8. The van der Waals surface area contributed by atoms with E-state index in [-0.39, 0.29) is 16.5 Å². The van der Waals surface area contributed by atoms with Crippen LogP contribution in [0.2, 0.25) is 0 Å². The van der Waals surface area contributed by atoms with Gasteiger partial charge in [0.1, 0.15) is 0 Å². The van der Waals surface area contributed by atoms with Crippen molar-refractivity contribution in [2.45, 2.75) is 21.6 Å². The summed E-state index contributed by atoms with van der Waals surface area (Å²) in [6.45, 7) is 1.37. The normalized spacial score (nSPS) is 11.0. The lowest BCUT2D eigenvalue weighted by Crippen LogP contribution is -2.13. The molecular weight excluding hydrogens is 426 g/mol. The van der Waals surface area contributed by atoms with Crippen LogP contribution in [0.1, 0.15) is 6.92 Å². The molecule has 0 spiro atoms. The third-order valence-corrected chi connectivity index (χ3v) is 6.29. The first-order valence-electron chi connectivity index (χ1n) is 8.66. The molecule has 154 valence electrons. The van der Waals surface area contributed by atoms with Gasteiger partial charge in [0.2, 0.25) is 5.91 Å². The minimum Gasteiger partial charge on any atom is -0.326 e. The van der Waals surface area contributed by atoms with E-state index < -0.39 is 14.9 Å². The molecule has 0 saturated heterocycles. The van der Waals surface area contributed by atoms with E-state index in [0.717, 1.165) is 9.79 Å². The third kappa shape index (κ3) is 5.58. The summed E-state index contributed by atoms with van der Waals surface area (Å²) in [6.07, 6.45) is 0. The Bertz CT molecular complexity index is 1160. The zero-order chi connectivity index (χ0) is 21.7. The van der Waals surface area contributed by atoms with E-state index in [1.54, 1.807) is 36.4 Å². The predicted molar refractivity (Wildman–Crippen MR) is 115 cm³/mol. The number of carbonyl (C=O) groups is 1. The average molecular weight is 444 g/mol. The second-order valence-electron chi connectivity index (χ2n) is 6.19. The zero-order valence-corrected chi connectivity index (χ0v) is 17.4. The van der Waals surface area contributed by atoms with Crippen molar-refractivity contribution in [1.29, 1.82) is 0 Å². The van der Waals surface area contributed by atoms with Crippen molar-refractivity contribution in [1.82, 2.24) is 0 Å². The van der Waals surface area contributed by atoms with Crippen molar-refractivity contribution in [3.63, 3.8) is 0 Å². The quantitative estimate of drug-likeness (QED) is 0.410. The first-order chi connectivity index (χ1) is 14.2. The lowest BCUT2D eigenvalue weighted by molar-refractivity contribution is -0.384. The number of hydrogen-bond donors (Lipinski definition) is 2. The molecule has 0 aliphatic rings. The van der Waals surface area contributed by atoms with Crippen LogP contribution in [-0.2, 0) is 14.8 Å². The number of nitrogens with zero attached hydrogens (tertiary/aromatic N) is 1. The summed E-state index contributed by atoms with van der Waals surface area (Å²) in [5, 5.41) is 13.3. The molecule has 30 heavy (non-hydrogen) atoms. The summed E-state index contributed by atoms with van der Waals surface area (Å²) < 4.78 is 27.6. The number of non-ortho nitro benzene ring substituents is 1. The van der Waals surface area contributed by atoms with Crippen LogP contribution >= 0.6 is 11.8 Å². The van der Waals surface area contributed by atoms with Gasteiger partial charge in [0.05, 0.1) is 9.82 Å². The molecule has 0 bridgehead atoms. The Hall–Kier alpha value is -3.37. The number of sulfonamides is 1. The Labute approximate surface area is 177 Å². The summed E-state index contributed by atoms with van der Waals surface area (Å²) in [5.41, 5.74) is 0.928. The van der Waals surface area contributed by atoms with Crippen molar-refractivity contribution in [3.8, 4) is 0 Å². The Kier molecular flexibility index (Phi) is 6.38. The van der Waals surface area contributed by atoms with Gasteiger partial charge in [0, 0.05) is 40.2 Å². The molecule has 0 aliphatic heterocycles. The Morgan fingerprint density at radius 1 is 0.867 bits per heavy atom. The molecule has 3 aromatic carbocycles. The number of nitro groups is 1. The maximum atomic E-state index is 12.5. The van der Waals surface area contributed by atoms with Crippen molar-refractivity contribution in [3.05, 3.63) is 82.9 Å². The number of amides is 1.